The highest BCUT2D eigenvalue weighted by atomic mass is 32.1. The number of halogens is 1. The Kier molecular flexibility index (Phi) is 6.14. The van der Waals surface area contributed by atoms with Crippen LogP contribution in [0.2, 0.25) is 0 Å². The lowest BCUT2D eigenvalue weighted by atomic mass is 9.96. The fourth-order valence-corrected chi connectivity index (χ4v) is 4.65. The van der Waals surface area contributed by atoms with Crippen LogP contribution in [0.3, 0.4) is 0 Å². The van der Waals surface area contributed by atoms with Crippen molar-refractivity contribution in [1.82, 2.24) is 0 Å². The topological polar surface area (TPSA) is 41.1 Å². The van der Waals surface area contributed by atoms with Crippen LogP contribution in [0.5, 0.6) is 0 Å². The predicted octanol–water partition coefficient (Wildman–Crippen LogP) is 6.96. The number of anilines is 2. The van der Waals surface area contributed by atoms with Gasteiger partial charge in [0, 0.05) is 21.7 Å². The van der Waals surface area contributed by atoms with Gasteiger partial charge >= 0.3 is 0 Å². The summed E-state index contributed by atoms with van der Waals surface area (Å²) in [7, 11) is 0. The zero-order chi connectivity index (χ0) is 21.8. The molecule has 0 saturated carbocycles. The maximum absolute atomic E-state index is 14.1. The van der Waals surface area contributed by atoms with Gasteiger partial charge in [-0.25, -0.2) is 4.39 Å². The first-order valence-corrected chi connectivity index (χ1v) is 10.9. The monoisotopic (exact) mass is 430 g/mol. The largest absolute Gasteiger partial charge is 0.374 e. The summed E-state index contributed by atoms with van der Waals surface area (Å²) in [6.07, 6.45) is 0. The molecule has 1 amide bonds. The van der Waals surface area contributed by atoms with E-state index in [1.54, 1.807) is 18.2 Å². The van der Waals surface area contributed by atoms with Gasteiger partial charge in [-0.1, -0.05) is 48.5 Å². The van der Waals surface area contributed by atoms with Crippen molar-refractivity contribution >= 4 is 27.9 Å². The molecule has 0 saturated heterocycles. The maximum Gasteiger partial charge on any atom is 0.256 e. The van der Waals surface area contributed by atoms with Crippen molar-refractivity contribution in [2.45, 2.75) is 19.9 Å². The normalized spacial score (nSPS) is 11.7. The van der Waals surface area contributed by atoms with Crippen LogP contribution in [-0.2, 0) is 0 Å². The molecule has 1 unspecified atom stereocenters. The average molecular weight is 431 g/mol. The molecule has 31 heavy (non-hydrogen) atoms. The molecule has 1 heterocycles. The zero-order valence-corrected chi connectivity index (χ0v) is 18.2. The van der Waals surface area contributed by atoms with Gasteiger partial charge in [0.25, 0.3) is 5.91 Å². The molecular weight excluding hydrogens is 407 g/mol. The third kappa shape index (κ3) is 4.67. The van der Waals surface area contributed by atoms with Crippen LogP contribution in [0.4, 0.5) is 15.1 Å². The minimum Gasteiger partial charge on any atom is -0.374 e. The fourth-order valence-electron chi connectivity index (χ4n) is 3.56. The average Bonchev–Trinajstić information content (AvgIpc) is 3.06. The first kappa shape index (κ1) is 20.8. The van der Waals surface area contributed by atoms with Gasteiger partial charge in [-0.05, 0) is 61.4 Å². The lowest BCUT2D eigenvalue weighted by molar-refractivity contribution is 0.102. The van der Waals surface area contributed by atoms with Crippen molar-refractivity contribution in [3.05, 3.63) is 118 Å². The Bertz CT molecular complexity index is 1190. The Morgan fingerprint density at radius 3 is 2.26 bits per heavy atom. The summed E-state index contributed by atoms with van der Waals surface area (Å²) in [5.74, 6) is -0.461. The molecule has 0 aliphatic carbocycles. The Morgan fingerprint density at radius 2 is 1.58 bits per heavy atom. The van der Waals surface area contributed by atoms with Gasteiger partial charge in [0.05, 0.1) is 6.04 Å². The fraction of sp³-hybridized carbons (Fsp3) is 0.115. The van der Waals surface area contributed by atoms with Gasteiger partial charge in [-0.15, -0.1) is 11.3 Å². The van der Waals surface area contributed by atoms with Gasteiger partial charge in [-0.3, -0.25) is 4.79 Å². The molecule has 0 fully saturated rings. The maximum atomic E-state index is 14.1. The standard InChI is InChI=1S/C26H23FN2OS/c1-17-18(2)31-26(29-25(30)19-10-5-3-6-11-19)23(17)24(20-12-9-13-21(27)16-20)28-22-14-7-4-8-15-22/h3-16,24,28H,1-2H3,(H,29,30). The van der Waals surface area contributed by atoms with Crippen LogP contribution >= 0.6 is 11.3 Å². The Balaban J connectivity index is 1.78. The van der Waals surface area contributed by atoms with Gasteiger partial charge in [0.2, 0.25) is 0 Å². The van der Waals surface area contributed by atoms with E-state index in [0.29, 0.717) is 5.56 Å². The van der Waals surface area contributed by atoms with Crippen LogP contribution < -0.4 is 10.6 Å². The third-order valence-electron chi connectivity index (χ3n) is 5.25. The molecule has 1 atom stereocenters. The van der Waals surface area contributed by atoms with E-state index in [-0.39, 0.29) is 17.8 Å². The second kappa shape index (κ2) is 9.14. The molecular formula is C26H23FN2OS. The van der Waals surface area contributed by atoms with Crippen LogP contribution in [-0.4, -0.2) is 5.91 Å². The Morgan fingerprint density at radius 1 is 0.903 bits per heavy atom. The highest BCUT2D eigenvalue weighted by Gasteiger charge is 2.25. The molecule has 5 heteroatoms. The summed E-state index contributed by atoms with van der Waals surface area (Å²) >= 11 is 1.54. The van der Waals surface area contributed by atoms with Crippen molar-refractivity contribution in [1.29, 1.82) is 0 Å². The highest BCUT2D eigenvalue weighted by Crippen LogP contribution is 2.41. The molecule has 0 aliphatic heterocycles. The number of thiophene rings is 1. The van der Waals surface area contributed by atoms with Crippen molar-refractivity contribution in [3.8, 4) is 0 Å². The minimum absolute atomic E-state index is 0.166. The number of hydrogen-bond donors (Lipinski definition) is 2. The Labute approximate surface area is 185 Å². The van der Waals surface area contributed by atoms with E-state index < -0.39 is 0 Å². The highest BCUT2D eigenvalue weighted by molar-refractivity contribution is 7.16. The van der Waals surface area contributed by atoms with Crippen molar-refractivity contribution in [2.75, 3.05) is 10.6 Å². The van der Waals surface area contributed by atoms with E-state index in [1.807, 2.05) is 68.4 Å². The molecule has 0 aliphatic rings. The van der Waals surface area contributed by atoms with E-state index in [1.165, 1.54) is 23.5 Å². The number of amides is 1. The van der Waals surface area contributed by atoms with E-state index in [9.17, 15) is 9.18 Å². The van der Waals surface area contributed by atoms with Crippen LogP contribution in [0.1, 0.15) is 38.0 Å². The number of nitrogens with one attached hydrogen (secondary N) is 2. The van der Waals surface area contributed by atoms with Crippen molar-refractivity contribution < 1.29 is 9.18 Å². The molecule has 0 spiro atoms. The van der Waals surface area contributed by atoms with Gasteiger partial charge in [-0.2, -0.15) is 0 Å². The second-order valence-electron chi connectivity index (χ2n) is 7.34. The molecule has 0 bridgehead atoms. The van der Waals surface area contributed by atoms with E-state index in [0.717, 1.165) is 32.3 Å². The van der Waals surface area contributed by atoms with Crippen molar-refractivity contribution in [3.63, 3.8) is 0 Å². The van der Waals surface area contributed by atoms with Gasteiger partial charge in [0.15, 0.2) is 0 Å². The third-order valence-corrected chi connectivity index (χ3v) is 6.39. The molecule has 156 valence electrons. The summed E-state index contributed by atoms with van der Waals surface area (Å²) in [4.78, 5) is 14.0. The van der Waals surface area contributed by atoms with Gasteiger partial charge < -0.3 is 10.6 Å². The lowest BCUT2D eigenvalue weighted by Crippen LogP contribution is -2.17. The smallest absolute Gasteiger partial charge is 0.256 e. The zero-order valence-electron chi connectivity index (χ0n) is 17.4. The quantitative estimate of drug-likeness (QED) is 0.347. The number of aryl methyl sites for hydroxylation is 1. The first-order valence-electron chi connectivity index (χ1n) is 10.1. The molecule has 0 radical (unpaired) electrons. The number of para-hydroxylation sites is 1. The van der Waals surface area contributed by atoms with Crippen LogP contribution in [0.15, 0.2) is 84.9 Å². The summed E-state index contributed by atoms with van der Waals surface area (Å²) in [6, 6.07) is 25.2. The number of rotatable bonds is 6. The summed E-state index contributed by atoms with van der Waals surface area (Å²) < 4.78 is 14.1. The summed E-state index contributed by atoms with van der Waals surface area (Å²) in [6.45, 7) is 4.07. The second-order valence-corrected chi connectivity index (χ2v) is 8.57. The van der Waals surface area contributed by atoms with Crippen LogP contribution in [0, 0.1) is 19.7 Å². The first-order chi connectivity index (χ1) is 15.0. The SMILES string of the molecule is Cc1sc(NC(=O)c2ccccc2)c(C(Nc2ccccc2)c2cccc(F)c2)c1C. The van der Waals surface area contributed by atoms with Crippen molar-refractivity contribution in [2.24, 2.45) is 0 Å². The number of carbonyl (C=O) groups excluding carboxylic acids is 1. The molecule has 4 rings (SSSR count). The summed E-state index contributed by atoms with van der Waals surface area (Å²) in [5.41, 5.74) is 4.32. The Hall–Kier alpha value is -3.44. The van der Waals surface area contributed by atoms with E-state index in [4.69, 9.17) is 0 Å². The molecule has 3 nitrogen and oxygen atoms in total. The van der Waals surface area contributed by atoms with E-state index >= 15 is 0 Å². The number of hydrogen-bond acceptors (Lipinski definition) is 3. The number of carbonyl (C=O) groups is 1. The number of benzene rings is 3. The predicted molar refractivity (Wildman–Crippen MR) is 126 cm³/mol. The molecule has 1 aromatic heterocycles. The minimum atomic E-state index is -0.325. The van der Waals surface area contributed by atoms with Gasteiger partial charge in [0.1, 0.15) is 10.8 Å². The molecule has 4 aromatic rings. The molecule has 3 aromatic carbocycles. The van der Waals surface area contributed by atoms with E-state index in [2.05, 4.69) is 10.6 Å². The summed E-state index contributed by atoms with van der Waals surface area (Å²) in [5, 5.41) is 7.39. The molecule has 2 N–H and O–H groups in total. The van der Waals surface area contributed by atoms with Crippen LogP contribution in [0.25, 0.3) is 0 Å². The lowest BCUT2D eigenvalue weighted by Gasteiger charge is -2.23.